The average molecular weight is 376 g/mol. The van der Waals surface area contributed by atoms with Gasteiger partial charge < -0.3 is 14.4 Å². The van der Waals surface area contributed by atoms with Crippen LogP contribution in [0.1, 0.15) is 22.2 Å². The van der Waals surface area contributed by atoms with E-state index in [0.29, 0.717) is 18.9 Å². The molecule has 0 aliphatic carbocycles. The highest BCUT2D eigenvalue weighted by Gasteiger charge is 2.28. The van der Waals surface area contributed by atoms with Gasteiger partial charge in [0.25, 0.3) is 11.6 Å². The Morgan fingerprint density at radius 3 is 2.73 bits per heavy atom. The van der Waals surface area contributed by atoms with Gasteiger partial charge in [0.05, 0.1) is 31.3 Å². The van der Waals surface area contributed by atoms with Crippen LogP contribution in [0.2, 0.25) is 0 Å². The highest BCUT2D eigenvalue weighted by atomic mass is 32.1. The molecule has 138 valence electrons. The van der Waals surface area contributed by atoms with Crippen LogP contribution in [-0.4, -0.2) is 36.0 Å². The Labute approximate surface area is 155 Å². The van der Waals surface area contributed by atoms with E-state index in [1.54, 1.807) is 13.0 Å². The maximum absolute atomic E-state index is 13.0. The number of hydrogen-bond donors (Lipinski definition) is 0. The fourth-order valence-corrected chi connectivity index (χ4v) is 3.15. The summed E-state index contributed by atoms with van der Waals surface area (Å²) in [7, 11) is 1.39. The molecule has 0 unspecified atom stereocenters. The molecule has 0 spiro atoms. The molecule has 0 aliphatic heterocycles. The molecule has 2 rings (SSSR count). The average Bonchev–Trinajstić information content (AvgIpc) is 3.13. The first-order valence-electron chi connectivity index (χ1n) is 7.93. The molecule has 2 aromatic rings. The number of benzene rings is 1. The molecule has 1 aromatic carbocycles. The maximum atomic E-state index is 13.0. The van der Waals surface area contributed by atoms with Crippen molar-refractivity contribution in [3.8, 4) is 11.5 Å². The van der Waals surface area contributed by atoms with Gasteiger partial charge in [0.1, 0.15) is 5.56 Å². The number of ether oxygens (including phenoxy) is 2. The lowest BCUT2D eigenvalue weighted by molar-refractivity contribution is -0.385. The molecule has 0 radical (unpaired) electrons. The summed E-state index contributed by atoms with van der Waals surface area (Å²) in [5.41, 5.74) is -0.367. The number of nitro groups is 1. The largest absolute Gasteiger partial charge is 0.493 e. The highest BCUT2D eigenvalue weighted by Crippen LogP contribution is 2.35. The second kappa shape index (κ2) is 9.00. The first-order chi connectivity index (χ1) is 12.5. The van der Waals surface area contributed by atoms with E-state index in [-0.39, 0.29) is 23.5 Å². The van der Waals surface area contributed by atoms with Crippen LogP contribution in [0.5, 0.6) is 11.5 Å². The predicted molar refractivity (Wildman–Crippen MR) is 100 cm³/mol. The van der Waals surface area contributed by atoms with Crippen molar-refractivity contribution in [2.75, 3.05) is 20.3 Å². The van der Waals surface area contributed by atoms with Crippen molar-refractivity contribution >= 4 is 22.9 Å². The molecule has 26 heavy (non-hydrogen) atoms. The summed E-state index contributed by atoms with van der Waals surface area (Å²) in [4.78, 5) is 26.4. The first kappa shape index (κ1) is 19.5. The van der Waals surface area contributed by atoms with Crippen molar-refractivity contribution < 1.29 is 19.2 Å². The normalized spacial score (nSPS) is 10.2. The molecule has 0 N–H and O–H groups in total. The lowest BCUT2D eigenvalue weighted by atomic mass is 10.1. The van der Waals surface area contributed by atoms with Crippen molar-refractivity contribution in [3.05, 3.63) is 62.9 Å². The third kappa shape index (κ3) is 4.40. The third-order valence-electron chi connectivity index (χ3n) is 3.57. The van der Waals surface area contributed by atoms with Gasteiger partial charge in [0.15, 0.2) is 11.5 Å². The summed E-state index contributed by atoms with van der Waals surface area (Å²) in [6.07, 6.45) is 1.59. The molecule has 1 aromatic heterocycles. The van der Waals surface area contributed by atoms with Crippen molar-refractivity contribution in [3.63, 3.8) is 0 Å². The van der Waals surface area contributed by atoms with Gasteiger partial charge in [-0.3, -0.25) is 14.9 Å². The number of thiophene rings is 1. The van der Waals surface area contributed by atoms with E-state index in [1.807, 2.05) is 17.5 Å². The monoisotopic (exact) mass is 376 g/mol. The molecule has 7 nitrogen and oxygen atoms in total. The number of carbonyl (C=O) groups is 1. The Morgan fingerprint density at radius 1 is 1.42 bits per heavy atom. The minimum absolute atomic E-state index is 0.0438. The molecule has 0 aliphatic rings. The predicted octanol–water partition coefficient (Wildman–Crippen LogP) is 3.89. The van der Waals surface area contributed by atoms with Crippen LogP contribution in [0.15, 0.2) is 42.3 Å². The van der Waals surface area contributed by atoms with Crippen LogP contribution >= 0.6 is 11.3 Å². The van der Waals surface area contributed by atoms with Gasteiger partial charge in [-0.25, -0.2) is 0 Å². The molecule has 0 atom stereocenters. The molecular weight excluding hydrogens is 356 g/mol. The molecule has 0 fully saturated rings. The molecule has 8 heteroatoms. The summed E-state index contributed by atoms with van der Waals surface area (Å²) in [6.45, 7) is 6.40. The topological polar surface area (TPSA) is 81.9 Å². The van der Waals surface area contributed by atoms with E-state index in [0.717, 1.165) is 4.88 Å². The number of nitrogens with zero attached hydrogens (tertiary/aromatic N) is 2. The Kier molecular flexibility index (Phi) is 6.74. The zero-order valence-electron chi connectivity index (χ0n) is 14.6. The molecule has 0 saturated heterocycles. The van der Waals surface area contributed by atoms with Gasteiger partial charge in [-0.15, -0.1) is 17.9 Å². The lowest BCUT2D eigenvalue weighted by Crippen LogP contribution is -2.31. The number of nitro benzene ring substituents is 1. The number of methoxy groups -OCH3 is 1. The van der Waals surface area contributed by atoms with E-state index in [2.05, 4.69) is 6.58 Å². The Hall–Kier alpha value is -2.87. The van der Waals surface area contributed by atoms with Crippen LogP contribution < -0.4 is 9.47 Å². The lowest BCUT2D eigenvalue weighted by Gasteiger charge is -2.21. The SMILES string of the molecule is C=CCN(Cc1cccs1)C(=O)c1cc(OCC)c(OC)cc1[N+](=O)[O-]. The van der Waals surface area contributed by atoms with Gasteiger partial charge >= 0.3 is 0 Å². The number of rotatable bonds is 9. The standard InChI is InChI=1S/C18H20N2O5S/c1-4-8-19(12-13-7-6-9-26-13)18(21)14-10-17(25-5-2)16(24-3)11-15(14)20(22)23/h4,6-7,9-11H,1,5,8,12H2,2-3H3. The smallest absolute Gasteiger partial charge is 0.286 e. The number of carbonyl (C=O) groups excluding carboxylic acids is 1. The summed E-state index contributed by atoms with van der Waals surface area (Å²) >= 11 is 1.51. The van der Waals surface area contributed by atoms with Gasteiger partial charge in [0.2, 0.25) is 0 Å². The van der Waals surface area contributed by atoms with Crippen LogP contribution in [-0.2, 0) is 6.54 Å². The van der Waals surface area contributed by atoms with Crippen LogP contribution in [0.25, 0.3) is 0 Å². The number of amides is 1. The first-order valence-corrected chi connectivity index (χ1v) is 8.81. The zero-order chi connectivity index (χ0) is 19.1. The summed E-state index contributed by atoms with van der Waals surface area (Å²) in [6, 6.07) is 6.38. The van der Waals surface area contributed by atoms with Crippen molar-refractivity contribution in [2.24, 2.45) is 0 Å². The van der Waals surface area contributed by atoms with Crippen LogP contribution in [0, 0.1) is 10.1 Å². The van der Waals surface area contributed by atoms with Gasteiger partial charge in [-0.1, -0.05) is 12.1 Å². The summed E-state index contributed by atoms with van der Waals surface area (Å²) in [5, 5.41) is 13.4. The minimum Gasteiger partial charge on any atom is -0.493 e. The van der Waals surface area contributed by atoms with Crippen molar-refractivity contribution in [1.29, 1.82) is 0 Å². The Bertz CT molecular complexity index is 789. The van der Waals surface area contributed by atoms with E-state index in [1.165, 1.54) is 35.5 Å². The van der Waals surface area contributed by atoms with Crippen LogP contribution in [0.3, 0.4) is 0 Å². The van der Waals surface area contributed by atoms with Crippen molar-refractivity contribution in [1.82, 2.24) is 4.90 Å². The van der Waals surface area contributed by atoms with E-state index < -0.39 is 10.8 Å². The van der Waals surface area contributed by atoms with E-state index >= 15 is 0 Å². The summed E-state index contributed by atoms with van der Waals surface area (Å²) in [5.74, 6) is 0.0378. The van der Waals surface area contributed by atoms with Crippen molar-refractivity contribution in [2.45, 2.75) is 13.5 Å². The molecule has 1 heterocycles. The van der Waals surface area contributed by atoms with Gasteiger partial charge in [-0.05, 0) is 18.4 Å². The number of hydrogen-bond acceptors (Lipinski definition) is 6. The molecule has 0 saturated carbocycles. The third-order valence-corrected chi connectivity index (χ3v) is 4.43. The van der Waals surface area contributed by atoms with Gasteiger partial charge in [-0.2, -0.15) is 0 Å². The zero-order valence-corrected chi connectivity index (χ0v) is 15.5. The molecular formula is C18H20N2O5S. The molecule has 0 bridgehead atoms. The second-order valence-corrected chi connectivity index (χ2v) is 6.30. The Balaban J connectivity index is 2.47. The van der Waals surface area contributed by atoms with E-state index in [9.17, 15) is 14.9 Å². The molecule has 1 amide bonds. The minimum atomic E-state index is -0.595. The quantitative estimate of drug-likeness (QED) is 0.377. The summed E-state index contributed by atoms with van der Waals surface area (Å²) < 4.78 is 10.6. The highest BCUT2D eigenvalue weighted by molar-refractivity contribution is 7.09. The second-order valence-electron chi connectivity index (χ2n) is 5.26. The van der Waals surface area contributed by atoms with E-state index in [4.69, 9.17) is 9.47 Å². The fraction of sp³-hybridized carbons (Fsp3) is 0.278. The van der Waals surface area contributed by atoms with Gasteiger partial charge in [0, 0.05) is 17.5 Å². The Morgan fingerprint density at radius 2 is 2.19 bits per heavy atom. The van der Waals surface area contributed by atoms with Crippen LogP contribution in [0.4, 0.5) is 5.69 Å². The fourth-order valence-electron chi connectivity index (χ4n) is 2.44. The maximum Gasteiger partial charge on any atom is 0.286 e.